The Morgan fingerprint density at radius 3 is 2.69 bits per heavy atom. The van der Waals surface area contributed by atoms with E-state index in [0.29, 0.717) is 24.2 Å². The first kappa shape index (κ1) is 28.1. The average Bonchev–Trinajstić information content (AvgIpc) is 2.86. The SMILES string of the molecule is CCCC(=O)N(CCc1cccc(F)c1)[C@@H]1CC(C(=O)NCCO)=C[C@H](Oc2ccccc2I)[C@H]1O. The molecule has 0 saturated carbocycles. The summed E-state index contributed by atoms with van der Waals surface area (Å²) in [4.78, 5) is 27.6. The molecule has 0 saturated heterocycles. The molecule has 3 atom stereocenters. The number of rotatable bonds is 11. The Balaban J connectivity index is 1.91. The van der Waals surface area contributed by atoms with Gasteiger partial charge in [-0.25, -0.2) is 4.39 Å². The fourth-order valence-electron chi connectivity index (χ4n) is 4.24. The van der Waals surface area contributed by atoms with Gasteiger partial charge in [-0.3, -0.25) is 9.59 Å². The highest BCUT2D eigenvalue weighted by Gasteiger charge is 2.40. The number of aliphatic hydroxyl groups is 2. The molecule has 0 radical (unpaired) electrons. The summed E-state index contributed by atoms with van der Waals surface area (Å²) in [5.74, 6) is -0.331. The van der Waals surface area contributed by atoms with Crippen LogP contribution in [0.25, 0.3) is 0 Å². The Labute approximate surface area is 224 Å². The normalized spacial score (nSPS) is 19.4. The summed E-state index contributed by atoms with van der Waals surface area (Å²) in [6.07, 6.45) is 1.05. The number of benzene rings is 2. The van der Waals surface area contributed by atoms with Gasteiger partial charge in [-0.05, 0) is 71.3 Å². The molecule has 194 valence electrons. The zero-order chi connectivity index (χ0) is 26.1. The molecule has 9 heteroatoms. The Morgan fingerprint density at radius 1 is 1.22 bits per heavy atom. The summed E-state index contributed by atoms with van der Waals surface area (Å²) >= 11 is 2.13. The van der Waals surface area contributed by atoms with E-state index < -0.39 is 18.2 Å². The highest BCUT2D eigenvalue weighted by molar-refractivity contribution is 14.1. The van der Waals surface area contributed by atoms with Crippen LogP contribution in [0.2, 0.25) is 0 Å². The minimum atomic E-state index is -1.09. The highest BCUT2D eigenvalue weighted by atomic mass is 127. The van der Waals surface area contributed by atoms with Crippen molar-refractivity contribution in [1.82, 2.24) is 10.2 Å². The third kappa shape index (κ3) is 7.50. The number of nitrogens with one attached hydrogen (secondary N) is 1. The van der Waals surface area contributed by atoms with Crippen molar-refractivity contribution >= 4 is 34.4 Å². The lowest BCUT2D eigenvalue weighted by molar-refractivity contribution is -0.138. The van der Waals surface area contributed by atoms with Crippen LogP contribution in [-0.4, -0.2) is 64.9 Å². The number of hydrogen-bond acceptors (Lipinski definition) is 5. The van der Waals surface area contributed by atoms with Gasteiger partial charge in [0.1, 0.15) is 23.8 Å². The van der Waals surface area contributed by atoms with Crippen molar-refractivity contribution in [3.63, 3.8) is 0 Å². The van der Waals surface area contributed by atoms with E-state index in [1.54, 1.807) is 29.2 Å². The zero-order valence-corrected chi connectivity index (χ0v) is 22.4. The van der Waals surface area contributed by atoms with Gasteiger partial charge in [-0.1, -0.05) is 31.2 Å². The van der Waals surface area contributed by atoms with Crippen LogP contribution in [0, 0.1) is 9.39 Å². The van der Waals surface area contributed by atoms with E-state index in [0.717, 1.165) is 9.13 Å². The van der Waals surface area contributed by atoms with Crippen LogP contribution in [0.1, 0.15) is 31.7 Å². The molecule has 0 heterocycles. The maximum Gasteiger partial charge on any atom is 0.247 e. The Kier molecular flexibility index (Phi) is 10.7. The molecule has 1 aliphatic carbocycles. The highest BCUT2D eigenvalue weighted by Crippen LogP contribution is 2.30. The van der Waals surface area contributed by atoms with Gasteiger partial charge in [0, 0.05) is 31.5 Å². The number of aliphatic hydroxyl groups excluding tert-OH is 2. The van der Waals surface area contributed by atoms with E-state index in [9.17, 15) is 19.1 Å². The van der Waals surface area contributed by atoms with Crippen LogP contribution in [0.4, 0.5) is 4.39 Å². The van der Waals surface area contributed by atoms with Crippen LogP contribution in [0.3, 0.4) is 0 Å². The molecule has 2 aromatic carbocycles. The average molecular weight is 610 g/mol. The number of carbonyl (C=O) groups is 2. The predicted octanol–water partition coefficient (Wildman–Crippen LogP) is 3.22. The zero-order valence-electron chi connectivity index (χ0n) is 20.2. The number of amides is 2. The smallest absolute Gasteiger partial charge is 0.247 e. The van der Waals surface area contributed by atoms with Gasteiger partial charge >= 0.3 is 0 Å². The first-order chi connectivity index (χ1) is 17.3. The fraction of sp³-hybridized carbons (Fsp3) is 0.407. The third-order valence-electron chi connectivity index (χ3n) is 6.03. The quantitative estimate of drug-likeness (QED) is 0.340. The third-order valence-corrected chi connectivity index (χ3v) is 6.92. The van der Waals surface area contributed by atoms with Gasteiger partial charge in [0.05, 0.1) is 16.2 Å². The topological polar surface area (TPSA) is 99.1 Å². The van der Waals surface area contributed by atoms with E-state index in [1.165, 1.54) is 12.1 Å². The van der Waals surface area contributed by atoms with Gasteiger partial charge < -0.3 is 25.2 Å². The lowest BCUT2D eigenvalue weighted by Crippen LogP contribution is -2.55. The second kappa shape index (κ2) is 13.7. The standard InChI is InChI=1S/C27H32FIN2O5/c1-2-6-25(33)31(13-11-18-7-5-8-20(28)15-18)22-16-19(27(35)30-12-14-32)17-24(26(22)34)36-23-10-4-3-9-21(23)29/h3-5,7-10,15,17,22,24,26,32,34H,2,6,11-14,16H2,1H3,(H,30,35)/t22-,24+,26+/m1/s1. The molecular weight excluding hydrogens is 578 g/mol. The van der Waals surface area contributed by atoms with Gasteiger partial charge in [-0.2, -0.15) is 0 Å². The number of nitrogens with zero attached hydrogens (tertiary/aromatic N) is 1. The first-order valence-corrected chi connectivity index (χ1v) is 13.1. The molecule has 3 N–H and O–H groups in total. The van der Waals surface area contributed by atoms with Crippen molar-refractivity contribution in [3.8, 4) is 5.75 Å². The van der Waals surface area contributed by atoms with Crippen LogP contribution in [0.5, 0.6) is 5.75 Å². The Bertz CT molecular complexity index is 1080. The molecule has 3 rings (SSSR count). The lowest BCUT2D eigenvalue weighted by Gasteiger charge is -2.40. The minimum Gasteiger partial charge on any atom is -0.482 e. The van der Waals surface area contributed by atoms with E-state index in [2.05, 4.69) is 27.9 Å². The molecule has 0 bridgehead atoms. The summed E-state index contributed by atoms with van der Waals surface area (Å²) in [5, 5.41) is 23.2. The number of halogens is 2. The van der Waals surface area contributed by atoms with Crippen molar-refractivity contribution < 1.29 is 28.9 Å². The molecule has 1 aliphatic rings. The van der Waals surface area contributed by atoms with Gasteiger partial charge in [0.15, 0.2) is 0 Å². The summed E-state index contributed by atoms with van der Waals surface area (Å²) in [7, 11) is 0. The van der Waals surface area contributed by atoms with E-state index >= 15 is 0 Å². The Hall–Kier alpha value is -2.50. The predicted molar refractivity (Wildman–Crippen MR) is 143 cm³/mol. The van der Waals surface area contributed by atoms with Crippen LogP contribution in [-0.2, 0) is 16.0 Å². The molecule has 36 heavy (non-hydrogen) atoms. The first-order valence-electron chi connectivity index (χ1n) is 12.1. The molecular formula is C27H32FIN2O5. The van der Waals surface area contributed by atoms with Crippen LogP contribution in [0.15, 0.2) is 60.2 Å². The fourth-order valence-corrected chi connectivity index (χ4v) is 4.76. The van der Waals surface area contributed by atoms with Crippen LogP contribution >= 0.6 is 22.6 Å². The van der Waals surface area contributed by atoms with Crippen LogP contribution < -0.4 is 10.1 Å². The van der Waals surface area contributed by atoms with Crippen molar-refractivity contribution in [2.24, 2.45) is 0 Å². The molecule has 2 amide bonds. The summed E-state index contributed by atoms with van der Waals surface area (Å²) in [5.41, 5.74) is 1.10. The maximum atomic E-state index is 13.7. The maximum absolute atomic E-state index is 13.7. The van der Waals surface area contributed by atoms with Gasteiger partial charge in [0.2, 0.25) is 11.8 Å². The number of carbonyl (C=O) groups excluding carboxylic acids is 2. The largest absolute Gasteiger partial charge is 0.482 e. The molecule has 7 nitrogen and oxygen atoms in total. The molecule has 0 unspecified atom stereocenters. The van der Waals surface area contributed by atoms with Crippen molar-refractivity contribution in [2.75, 3.05) is 19.7 Å². The number of para-hydroxylation sites is 1. The molecule has 0 aliphatic heterocycles. The molecule has 0 aromatic heterocycles. The second-order valence-corrected chi connectivity index (χ2v) is 9.83. The summed E-state index contributed by atoms with van der Waals surface area (Å²) < 4.78 is 20.7. The van der Waals surface area contributed by atoms with Crippen molar-refractivity contribution in [3.05, 3.63) is 75.1 Å². The van der Waals surface area contributed by atoms with E-state index in [1.807, 2.05) is 25.1 Å². The molecule has 0 fully saturated rings. The van der Waals surface area contributed by atoms with Gasteiger partial charge in [0.25, 0.3) is 0 Å². The summed E-state index contributed by atoms with van der Waals surface area (Å²) in [6, 6.07) is 12.8. The lowest BCUT2D eigenvalue weighted by atomic mass is 9.87. The van der Waals surface area contributed by atoms with Gasteiger partial charge in [-0.15, -0.1) is 0 Å². The number of ether oxygens (including phenoxy) is 1. The Morgan fingerprint density at radius 2 is 2.00 bits per heavy atom. The molecule has 2 aromatic rings. The summed E-state index contributed by atoms with van der Waals surface area (Å²) in [6.45, 7) is 2.04. The van der Waals surface area contributed by atoms with E-state index in [4.69, 9.17) is 9.84 Å². The van der Waals surface area contributed by atoms with Crippen molar-refractivity contribution in [1.29, 1.82) is 0 Å². The van der Waals surface area contributed by atoms with E-state index in [-0.39, 0.29) is 50.2 Å². The second-order valence-electron chi connectivity index (χ2n) is 8.66. The monoisotopic (exact) mass is 610 g/mol. The minimum absolute atomic E-state index is 0.0869. The van der Waals surface area contributed by atoms with Crippen molar-refractivity contribution in [2.45, 2.75) is 50.9 Å². The number of hydrogen-bond donors (Lipinski definition) is 3. The molecule has 0 spiro atoms.